The second kappa shape index (κ2) is 1.49. The zero-order valence-corrected chi connectivity index (χ0v) is 5.89. The van der Waals surface area contributed by atoms with Crippen LogP contribution in [0.25, 0.3) is 0 Å². The Hall–Kier alpha value is -0.0900. The molecule has 0 radical (unpaired) electrons. The van der Waals surface area contributed by atoms with Crippen LogP contribution in [0.3, 0.4) is 0 Å². The van der Waals surface area contributed by atoms with E-state index in [1.807, 2.05) is 0 Å². The summed E-state index contributed by atoms with van der Waals surface area (Å²) in [6, 6.07) is 0. The van der Waals surface area contributed by atoms with Crippen molar-refractivity contribution in [3.63, 3.8) is 0 Å². The van der Waals surface area contributed by atoms with Gasteiger partial charge in [-0.2, -0.15) is 0 Å². The van der Waals surface area contributed by atoms with E-state index in [2.05, 4.69) is 0 Å². The lowest BCUT2D eigenvalue weighted by Gasteiger charge is -2.05. The first kappa shape index (κ1) is 5.68. The van der Waals surface area contributed by atoms with Crippen LogP contribution in [0, 0.1) is 0 Å². The molecular formula is C5H9NO2S. The van der Waals surface area contributed by atoms with Crippen molar-refractivity contribution in [3.05, 3.63) is 0 Å². The molecule has 2 fully saturated rings. The summed E-state index contributed by atoms with van der Waals surface area (Å²) in [5.74, 6) is 0. The van der Waals surface area contributed by atoms with E-state index < -0.39 is 10.0 Å². The monoisotopic (exact) mass is 147 g/mol. The number of fused-ring (bicyclic) bond motifs is 2. The van der Waals surface area contributed by atoms with Gasteiger partial charge in [-0.05, 0) is 12.8 Å². The number of hydrogen-bond acceptors (Lipinski definition) is 2. The van der Waals surface area contributed by atoms with E-state index in [1.54, 1.807) is 4.31 Å². The molecule has 2 bridgehead atoms. The zero-order chi connectivity index (χ0) is 6.48. The van der Waals surface area contributed by atoms with Crippen molar-refractivity contribution < 1.29 is 8.42 Å². The van der Waals surface area contributed by atoms with Crippen molar-refractivity contribution in [2.24, 2.45) is 0 Å². The van der Waals surface area contributed by atoms with E-state index in [1.165, 1.54) is 0 Å². The van der Waals surface area contributed by atoms with E-state index in [0.717, 1.165) is 25.9 Å². The fourth-order valence-electron chi connectivity index (χ4n) is 1.60. The summed E-state index contributed by atoms with van der Waals surface area (Å²) in [6.45, 7) is 1.54. The molecule has 0 aromatic carbocycles. The Labute approximate surface area is 54.7 Å². The van der Waals surface area contributed by atoms with Crippen molar-refractivity contribution in [1.82, 2.24) is 4.31 Å². The SMILES string of the molecule is O=S1(=O)C2CCN1CC2. The van der Waals surface area contributed by atoms with Gasteiger partial charge in [-0.15, -0.1) is 0 Å². The van der Waals surface area contributed by atoms with Crippen LogP contribution in [0.2, 0.25) is 0 Å². The first-order chi connectivity index (χ1) is 4.21. The average Bonchev–Trinajstić information content (AvgIpc) is 2.24. The summed E-state index contributed by atoms with van der Waals surface area (Å²) in [7, 11) is -2.76. The molecule has 9 heavy (non-hydrogen) atoms. The molecule has 3 nitrogen and oxygen atoms in total. The topological polar surface area (TPSA) is 37.4 Å². The minimum Gasteiger partial charge on any atom is -0.212 e. The van der Waals surface area contributed by atoms with Crippen molar-refractivity contribution in [3.8, 4) is 0 Å². The van der Waals surface area contributed by atoms with Gasteiger partial charge in [-0.1, -0.05) is 0 Å². The van der Waals surface area contributed by atoms with Gasteiger partial charge in [0.2, 0.25) is 10.0 Å². The molecule has 52 valence electrons. The van der Waals surface area contributed by atoms with Gasteiger partial charge >= 0.3 is 0 Å². The third-order valence-electron chi connectivity index (χ3n) is 2.18. The molecule has 2 heterocycles. The third kappa shape index (κ3) is 0.576. The lowest BCUT2D eigenvalue weighted by atomic mass is 10.2. The fourth-order valence-corrected chi connectivity index (χ4v) is 3.54. The van der Waals surface area contributed by atoms with Crippen LogP contribution in [0.5, 0.6) is 0 Å². The van der Waals surface area contributed by atoms with Crippen molar-refractivity contribution >= 4 is 10.0 Å². The molecule has 0 N–H and O–H groups in total. The zero-order valence-electron chi connectivity index (χ0n) is 5.08. The molecule has 2 aliphatic heterocycles. The number of nitrogens with zero attached hydrogens (tertiary/aromatic N) is 1. The van der Waals surface area contributed by atoms with E-state index in [0.29, 0.717) is 0 Å². The maximum Gasteiger partial charge on any atom is 0.217 e. The van der Waals surface area contributed by atoms with Crippen LogP contribution in [0.15, 0.2) is 0 Å². The highest BCUT2D eigenvalue weighted by Gasteiger charge is 2.44. The molecule has 0 aliphatic carbocycles. The van der Waals surface area contributed by atoms with E-state index in [9.17, 15) is 8.42 Å². The van der Waals surface area contributed by atoms with Gasteiger partial charge in [0, 0.05) is 13.1 Å². The molecule has 0 spiro atoms. The lowest BCUT2D eigenvalue weighted by Crippen LogP contribution is -2.20. The normalized spacial score (nSPS) is 45.8. The van der Waals surface area contributed by atoms with E-state index in [4.69, 9.17) is 0 Å². The number of hydrogen-bond donors (Lipinski definition) is 0. The largest absolute Gasteiger partial charge is 0.217 e. The van der Waals surface area contributed by atoms with Crippen molar-refractivity contribution in [2.75, 3.05) is 13.1 Å². The Morgan fingerprint density at radius 3 is 1.89 bits per heavy atom. The Morgan fingerprint density at radius 2 is 1.78 bits per heavy atom. The summed E-state index contributed by atoms with van der Waals surface area (Å²) in [5.41, 5.74) is 0. The molecule has 4 heteroatoms. The van der Waals surface area contributed by atoms with Crippen molar-refractivity contribution in [1.29, 1.82) is 0 Å². The predicted molar refractivity (Wildman–Crippen MR) is 33.5 cm³/mol. The molecule has 2 rings (SSSR count). The minimum absolute atomic E-state index is 0.0162. The van der Waals surface area contributed by atoms with Gasteiger partial charge in [0.05, 0.1) is 5.25 Å². The second-order valence-electron chi connectivity index (χ2n) is 2.64. The van der Waals surface area contributed by atoms with Gasteiger partial charge in [-0.3, -0.25) is 0 Å². The minimum atomic E-state index is -2.76. The van der Waals surface area contributed by atoms with Gasteiger partial charge in [0.15, 0.2) is 0 Å². The Bertz CT molecular complexity index is 195. The van der Waals surface area contributed by atoms with Crippen LogP contribution in [0.4, 0.5) is 0 Å². The standard InChI is InChI=1S/C5H9NO2S/c7-9(8)5-1-3-6(9)4-2-5/h5H,1-4H2. The summed E-state index contributed by atoms with van der Waals surface area (Å²) >= 11 is 0. The molecule has 0 aromatic heterocycles. The predicted octanol–water partition coefficient (Wildman–Crippen LogP) is -0.206. The van der Waals surface area contributed by atoms with Gasteiger partial charge in [0.25, 0.3) is 0 Å². The first-order valence-electron chi connectivity index (χ1n) is 3.20. The number of rotatable bonds is 0. The van der Waals surface area contributed by atoms with Gasteiger partial charge in [-0.25, -0.2) is 12.7 Å². The summed E-state index contributed by atoms with van der Waals surface area (Å²) < 4.78 is 23.8. The summed E-state index contributed by atoms with van der Waals surface area (Å²) in [4.78, 5) is 0. The van der Waals surface area contributed by atoms with Crippen LogP contribution >= 0.6 is 0 Å². The number of sulfonamides is 1. The second-order valence-corrected chi connectivity index (χ2v) is 4.86. The van der Waals surface area contributed by atoms with Crippen LogP contribution in [0.1, 0.15) is 12.8 Å². The van der Waals surface area contributed by atoms with Crippen LogP contribution in [-0.4, -0.2) is 31.1 Å². The third-order valence-corrected chi connectivity index (χ3v) is 4.58. The highest BCUT2D eigenvalue weighted by Crippen LogP contribution is 2.31. The van der Waals surface area contributed by atoms with Crippen molar-refractivity contribution in [2.45, 2.75) is 18.1 Å². The average molecular weight is 147 g/mol. The Kier molecular flexibility index (Phi) is 0.941. The van der Waals surface area contributed by atoms with Crippen LogP contribution < -0.4 is 0 Å². The molecule has 0 unspecified atom stereocenters. The lowest BCUT2D eigenvalue weighted by molar-refractivity contribution is 0.425. The number of piperidine rings is 1. The Balaban J connectivity index is 2.49. The quantitative estimate of drug-likeness (QED) is 0.475. The molecule has 0 amide bonds. The first-order valence-corrected chi connectivity index (χ1v) is 4.70. The smallest absolute Gasteiger partial charge is 0.212 e. The molecule has 2 saturated heterocycles. The van der Waals surface area contributed by atoms with Crippen LogP contribution in [-0.2, 0) is 10.0 Å². The molecule has 0 saturated carbocycles. The molecule has 2 aliphatic rings. The summed E-state index contributed by atoms with van der Waals surface area (Å²) in [6.07, 6.45) is 1.73. The van der Waals surface area contributed by atoms with Gasteiger partial charge in [0.1, 0.15) is 0 Å². The maximum absolute atomic E-state index is 11.1. The van der Waals surface area contributed by atoms with E-state index in [-0.39, 0.29) is 5.25 Å². The Morgan fingerprint density at radius 1 is 1.22 bits per heavy atom. The van der Waals surface area contributed by atoms with Gasteiger partial charge < -0.3 is 0 Å². The maximum atomic E-state index is 11.1. The highest BCUT2D eigenvalue weighted by molar-refractivity contribution is 7.90. The molecule has 0 aromatic rings. The molecule has 0 atom stereocenters. The highest BCUT2D eigenvalue weighted by atomic mass is 32.2. The van der Waals surface area contributed by atoms with E-state index >= 15 is 0 Å². The molecular weight excluding hydrogens is 138 g/mol. The fraction of sp³-hybridized carbons (Fsp3) is 1.00. The summed E-state index contributed by atoms with van der Waals surface area (Å²) in [5, 5.41) is -0.0162.